The lowest BCUT2D eigenvalue weighted by Gasteiger charge is -2.39. The number of hydrogen-bond acceptors (Lipinski definition) is 6. The van der Waals surface area contributed by atoms with Crippen molar-refractivity contribution in [1.29, 1.82) is 0 Å². The number of aromatic nitrogens is 1. The van der Waals surface area contributed by atoms with Gasteiger partial charge in [0.2, 0.25) is 11.8 Å². The van der Waals surface area contributed by atoms with E-state index in [1.165, 1.54) is 43.9 Å². The first kappa shape index (κ1) is 25.0. The molecule has 3 aromatic rings. The van der Waals surface area contributed by atoms with Crippen LogP contribution in [0, 0.1) is 12.8 Å². The highest BCUT2D eigenvalue weighted by molar-refractivity contribution is 8.01. The van der Waals surface area contributed by atoms with E-state index in [1.807, 2.05) is 66.2 Å². The Kier molecular flexibility index (Phi) is 7.49. The lowest BCUT2D eigenvalue weighted by molar-refractivity contribution is -0.133. The third kappa shape index (κ3) is 5.09. The maximum Gasteiger partial charge on any atom is 0.242 e. The number of rotatable bonds is 7. The fourth-order valence-corrected chi connectivity index (χ4v) is 7.12. The minimum absolute atomic E-state index is 0.0719. The van der Waals surface area contributed by atoms with Gasteiger partial charge in [0, 0.05) is 17.4 Å². The number of nitrogens with zero attached hydrogens (tertiary/aromatic N) is 1. The maximum atomic E-state index is 13.5. The first-order valence-corrected chi connectivity index (χ1v) is 14.5. The van der Waals surface area contributed by atoms with Gasteiger partial charge in [-0.25, -0.2) is 4.98 Å². The van der Waals surface area contributed by atoms with Crippen molar-refractivity contribution in [2.45, 2.75) is 74.2 Å². The predicted molar refractivity (Wildman–Crippen MR) is 145 cm³/mol. The molecule has 3 unspecified atom stereocenters. The Morgan fingerprint density at radius 1 is 1.08 bits per heavy atom. The molecule has 5 rings (SSSR count). The topological polar surface area (TPSA) is 68.3 Å². The minimum atomic E-state index is -1.01. The molecular weight excluding hydrogens is 488 g/mol. The largest absolute Gasteiger partial charge is 0.474 e. The van der Waals surface area contributed by atoms with Crippen LogP contribution in [0.15, 0.2) is 64.2 Å². The van der Waals surface area contributed by atoms with Crippen LogP contribution in [0.1, 0.15) is 62.3 Å². The molecule has 1 aromatic carbocycles. The molecule has 1 saturated heterocycles. The summed E-state index contributed by atoms with van der Waals surface area (Å²) < 4.78 is 6.30. The van der Waals surface area contributed by atoms with Crippen LogP contribution in [-0.4, -0.2) is 28.0 Å². The van der Waals surface area contributed by atoms with Crippen molar-refractivity contribution in [2.24, 2.45) is 5.92 Å². The number of thiophene rings is 1. The van der Waals surface area contributed by atoms with Gasteiger partial charge < -0.3 is 10.1 Å². The van der Waals surface area contributed by atoms with Gasteiger partial charge in [0.25, 0.3) is 0 Å². The Morgan fingerprint density at radius 3 is 2.61 bits per heavy atom. The average molecular weight is 521 g/mol. The summed E-state index contributed by atoms with van der Waals surface area (Å²) in [5, 5.41) is 6.39. The Morgan fingerprint density at radius 2 is 1.89 bits per heavy atom. The summed E-state index contributed by atoms with van der Waals surface area (Å²) in [6.07, 6.45) is 6.40. The second-order valence-corrected chi connectivity index (χ2v) is 11.8. The molecule has 2 fully saturated rings. The van der Waals surface area contributed by atoms with Crippen LogP contribution >= 0.6 is 23.1 Å². The molecule has 0 spiro atoms. The van der Waals surface area contributed by atoms with Gasteiger partial charge in [-0.1, -0.05) is 43.5 Å². The van der Waals surface area contributed by atoms with Gasteiger partial charge in [0.1, 0.15) is 16.9 Å². The summed E-state index contributed by atoms with van der Waals surface area (Å²) in [6.45, 7) is 4.12. The van der Waals surface area contributed by atoms with E-state index < -0.39 is 10.8 Å². The van der Waals surface area contributed by atoms with E-state index in [2.05, 4.69) is 12.2 Å². The zero-order valence-corrected chi connectivity index (χ0v) is 22.4. The molecule has 188 valence electrons. The lowest BCUT2D eigenvalue weighted by atomic mass is 9.79. The Bertz CT molecular complexity index is 1200. The third-order valence-electron chi connectivity index (χ3n) is 7.44. The number of hydrogen-bond donors (Lipinski definition) is 1. The number of benzene rings is 1. The highest BCUT2D eigenvalue weighted by Crippen LogP contribution is 2.41. The number of carbonyl (C=O) groups is 2. The lowest BCUT2D eigenvalue weighted by Crippen LogP contribution is -2.58. The van der Waals surface area contributed by atoms with Crippen LogP contribution < -0.4 is 10.1 Å². The highest BCUT2D eigenvalue weighted by atomic mass is 32.2. The summed E-state index contributed by atoms with van der Waals surface area (Å²) in [6, 6.07) is 15.5. The number of thioether (sulfide) groups is 1. The quantitative estimate of drug-likeness (QED) is 0.371. The fourth-order valence-electron chi connectivity index (χ4n) is 5.35. The second kappa shape index (κ2) is 10.8. The summed E-state index contributed by atoms with van der Waals surface area (Å²) in [5.74, 6) is 0.694. The van der Waals surface area contributed by atoms with Crippen molar-refractivity contribution in [3.8, 4) is 5.88 Å². The van der Waals surface area contributed by atoms with Crippen LogP contribution in [0.5, 0.6) is 5.88 Å². The first-order valence-electron chi connectivity index (χ1n) is 12.7. The van der Waals surface area contributed by atoms with E-state index in [-0.39, 0.29) is 24.2 Å². The van der Waals surface area contributed by atoms with Gasteiger partial charge in [-0.3, -0.25) is 9.59 Å². The second-order valence-electron chi connectivity index (χ2n) is 9.90. The summed E-state index contributed by atoms with van der Waals surface area (Å²) in [4.78, 5) is 32.8. The highest BCUT2D eigenvalue weighted by Gasteiger charge is 2.48. The summed E-state index contributed by atoms with van der Waals surface area (Å²) in [7, 11) is 0. The van der Waals surface area contributed by atoms with Crippen molar-refractivity contribution in [1.82, 2.24) is 10.3 Å². The van der Waals surface area contributed by atoms with E-state index in [4.69, 9.17) is 9.72 Å². The Balaban J connectivity index is 1.42. The fraction of sp³-hybridized carbons (Fsp3) is 0.414. The first-order chi connectivity index (χ1) is 17.5. The minimum Gasteiger partial charge on any atom is -0.474 e. The normalized spacial score (nSPS) is 23.8. The number of piperidine rings is 1. The number of amides is 1. The Labute approximate surface area is 221 Å². The van der Waals surface area contributed by atoms with Crippen molar-refractivity contribution in [3.63, 3.8) is 0 Å². The van der Waals surface area contributed by atoms with Crippen molar-refractivity contribution in [3.05, 3.63) is 76.1 Å². The molecule has 0 radical (unpaired) electrons. The van der Waals surface area contributed by atoms with Crippen LogP contribution in [0.3, 0.4) is 0 Å². The molecule has 1 aliphatic carbocycles. The third-order valence-corrected chi connectivity index (χ3v) is 9.55. The molecule has 1 N–H and O–H groups in total. The summed E-state index contributed by atoms with van der Waals surface area (Å²) in [5.41, 5.74) is 1.55. The molecule has 1 saturated carbocycles. The molecule has 5 nitrogen and oxygen atoms in total. The Hall–Kier alpha value is -2.64. The molecule has 36 heavy (non-hydrogen) atoms. The average Bonchev–Trinajstić information content (AvgIpc) is 3.44. The van der Waals surface area contributed by atoms with Crippen LogP contribution in [0.25, 0.3) is 0 Å². The number of pyridine rings is 1. The number of nitrogens with one attached hydrogen (secondary N) is 1. The SMILES string of the molecule is Cc1ccccc1SC1C(=O)CC(c2ccsc2)(c2cccc(OC(C)C3CCCCC3)n2)NC1=O. The maximum absolute atomic E-state index is 13.5. The summed E-state index contributed by atoms with van der Waals surface area (Å²) >= 11 is 2.86. The van der Waals surface area contributed by atoms with E-state index in [1.54, 1.807) is 11.3 Å². The molecular formula is C29H32N2O3S2. The van der Waals surface area contributed by atoms with Crippen molar-refractivity contribution in [2.75, 3.05) is 0 Å². The number of aryl methyl sites for hydroxylation is 1. The standard InChI is InChI=1S/C29H32N2O3S2/c1-19-9-6-7-12-24(19)36-27-23(32)17-29(31-28(27)33,22-15-16-35-18-22)25-13-8-14-26(30-25)34-20(2)21-10-4-3-5-11-21/h6-9,12-16,18,20-21,27H,3-5,10-11,17H2,1-2H3,(H,31,33). The number of ketones is 1. The van der Waals surface area contributed by atoms with E-state index >= 15 is 0 Å². The van der Waals surface area contributed by atoms with Gasteiger partial charge in [0.05, 0.1) is 5.69 Å². The molecule has 3 atom stereocenters. The van der Waals surface area contributed by atoms with E-state index in [0.717, 1.165) is 16.0 Å². The van der Waals surface area contributed by atoms with Gasteiger partial charge in [-0.15, -0.1) is 11.8 Å². The monoisotopic (exact) mass is 520 g/mol. The number of ether oxygens (including phenoxy) is 1. The molecule has 1 amide bonds. The van der Waals surface area contributed by atoms with Crippen molar-refractivity contribution >= 4 is 34.8 Å². The van der Waals surface area contributed by atoms with Gasteiger partial charge in [-0.2, -0.15) is 11.3 Å². The van der Waals surface area contributed by atoms with E-state index in [9.17, 15) is 9.59 Å². The van der Waals surface area contributed by atoms with Gasteiger partial charge in [-0.05, 0) is 72.7 Å². The van der Waals surface area contributed by atoms with Crippen LogP contribution in [0.4, 0.5) is 0 Å². The zero-order chi connectivity index (χ0) is 25.1. The number of carbonyl (C=O) groups excluding carboxylic acids is 2. The van der Waals surface area contributed by atoms with Gasteiger partial charge in [0.15, 0.2) is 5.78 Å². The molecule has 0 bridgehead atoms. The zero-order valence-electron chi connectivity index (χ0n) is 20.7. The molecule has 7 heteroatoms. The van der Waals surface area contributed by atoms with E-state index in [0.29, 0.717) is 17.5 Å². The van der Waals surface area contributed by atoms with Crippen molar-refractivity contribution < 1.29 is 14.3 Å². The van der Waals surface area contributed by atoms with Gasteiger partial charge >= 0.3 is 0 Å². The molecule has 2 aromatic heterocycles. The predicted octanol–water partition coefficient (Wildman–Crippen LogP) is 6.29. The molecule has 3 heterocycles. The molecule has 2 aliphatic rings. The smallest absolute Gasteiger partial charge is 0.242 e. The number of Topliss-reactive ketones (excluding diaryl/α,β-unsaturated/α-hetero) is 1. The van der Waals surface area contributed by atoms with Crippen LogP contribution in [0.2, 0.25) is 0 Å². The van der Waals surface area contributed by atoms with Crippen LogP contribution in [-0.2, 0) is 15.1 Å². The molecule has 1 aliphatic heterocycles.